The van der Waals surface area contributed by atoms with Gasteiger partial charge in [0.05, 0.1) is 0 Å². The minimum Gasteiger partial charge on any atom is -0.372 e. The third kappa shape index (κ3) is 1.59. The molecule has 18 heavy (non-hydrogen) atoms. The van der Waals surface area contributed by atoms with E-state index >= 15 is 0 Å². The topological polar surface area (TPSA) is 69.6 Å². The molecule has 1 saturated heterocycles. The largest absolute Gasteiger partial charge is 0.372 e. The van der Waals surface area contributed by atoms with Gasteiger partial charge in [-0.15, -0.1) is 0 Å². The molecule has 0 aromatic heterocycles. The van der Waals surface area contributed by atoms with E-state index in [0.717, 1.165) is 4.90 Å². The van der Waals surface area contributed by atoms with Gasteiger partial charge in [0.2, 0.25) is 5.91 Å². The van der Waals surface area contributed by atoms with Crippen molar-refractivity contribution in [2.24, 2.45) is 0 Å². The van der Waals surface area contributed by atoms with Gasteiger partial charge in [0.1, 0.15) is 11.6 Å². The Morgan fingerprint density at radius 1 is 1.33 bits per heavy atom. The summed E-state index contributed by atoms with van der Waals surface area (Å²) in [4.78, 5) is 24.9. The Morgan fingerprint density at radius 2 is 1.94 bits per heavy atom. The van der Waals surface area contributed by atoms with Crippen molar-refractivity contribution in [3.63, 3.8) is 0 Å². The Morgan fingerprint density at radius 3 is 2.50 bits per heavy atom. The van der Waals surface area contributed by atoms with Crippen LogP contribution in [0, 0.1) is 0 Å². The van der Waals surface area contributed by atoms with E-state index in [4.69, 9.17) is 0 Å². The van der Waals surface area contributed by atoms with Gasteiger partial charge in [-0.2, -0.15) is 0 Å². The van der Waals surface area contributed by atoms with Crippen LogP contribution in [-0.2, 0) is 10.2 Å². The van der Waals surface area contributed by atoms with E-state index in [0.29, 0.717) is 12.0 Å². The highest BCUT2D eigenvalue weighted by molar-refractivity contribution is 6.03. The van der Waals surface area contributed by atoms with Gasteiger partial charge >= 0.3 is 6.03 Å². The smallest absolute Gasteiger partial charge is 0.325 e. The third-order valence-electron chi connectivity index (χ3n) is 3.56. The average molecular weight is 248 g/mol. The molecule has 2 unspecified atom stereocenters. The Hall–Kier alpha value is -1.88. The highest BCUT2D eigenvalue weighted by Gasteiger charge is 2.52. The number of imide groups is 1. The van der Waals surface area contributed by atoms with Gasteiger partial charge in [-0.05, 0) is 12.0 Å². The number of likely N-dealkylation sites (N-methyl/N-ethyl adjacent to an activating group) is 1. The Labute approximate surface area is 105 Å². The van der Waals surface area contributed by atoms with Crippen LogP contribution in [0.4, 0.5) is 4.79 Å². The second-order valence-electron chi connectivity index (χ2n) is 4.41. The minimum atomic E-state index is -1.21. The van der Waals surface area contributed by atoms with Crippen LogP contribution >= 0.6 is 0 Å². The summed E-state index contributed by atoms with van der Waals surface area (Å²) in [6.07, 6.45) is -0.803. The molecular weight excluding hydrogens is 232 g/mol. The van der Waals surface area contributed by atoms with Crippen molar-refractivity contribution < 1.29 is 14.7 Å². The number of nitrogens with zero attached hydrogens (tertiary/aromatic N) is 1. The molecule has 0 radical (unpaired) electrons. The maximum Gasteiger partial charge on any atom is 0.325 e. The van der Waals surface area contributed by atoms with Gasteiger partial charge in [-0.1, -0.05) is 37.3 Å². The van der Waals surface area contributed by atoms with Crippen LogP contribution in [0.1, 0.15) is 18.9 Å². The van der Waals surface area contributed by atoms with Gasteiger partial charge in [0.25, 0.3) is 0 Å². The maximum absolute atomic E-state index is 12.4. The molecule has 5 heteroatoms. The van der Waals surface area contributed by atoms with Crippen LogP contribution in [0.15, 0.2) is 30.3 Å². The van der Waals surface area contributed by atoms with E-state index in [1.165, 1.54) is 7.05 Å². The molecule has 0 bridgehead atoms. The molecule has 0 aliphatic carbocycles. The number of aliphatic hydroxyl groups excluding tert-OH is 1. The Kier molecular flexibility index (Phi) is 3.09. The predicted octanol–water partition coefficient (Wildman–Crippen LogP) is 0.834. The highest BCUT2D eigenvalue weighted by Crippen LogP contribution is 2.35. The van der Waals surface area contributed by atoms with Crippen LogP contribution < -0.4 is 5.32 Å². The summed E-state index contributed by atoms with van der Waals surface area (Å²) in [5.74, 6) is -0.382. The number of urea groups is 1. The number of carbonyl (C=O) groups excluding carboxylic acids is 2. The fourth-order valence-corrected chi connectivity index (χ4v) is 2.41. The summed E-state index contributed by atoms with van der Waals surface area (Å²) in [5, 5.41) is 12.6. The van der Waals surface area contributed by atoms with Crippen LogP contribution in [0.25, 0.3) is 0 Å². The summed E-state index contributed by atoms with van der Waals surface area (Å²) >= 11 is 0. The van der Waals surface area contributed by atoms with Crippen molar-refractivity contribution in [3.05, 3.63) is 35.9 Å². The van der Waals surface area contributed by atoms with Crippen LogP contribution in [0.2, 0.25) is 0 Å². The number of nitrogens with one attached hydrogen (secondary N) is 1. The van der Waals surface area contributed by atoms with Crippen molar-refractivity contribution in [3.8, 4) is 0 Å². The first-order chi connectivity index (χ1) is 8.54. The highest BCUT2D eigenvalue weighted by atomic mass is 16.3. The quantitative estimate of drug-likeness (QED) is 0.814. The lowest BCUT2D eigenvalue weighted by molar-refractivity contribution is -0.142. The van der Waals surface area contributed by atoms with Crippen LogP contribution in [0.5, 0.6) is 0 Å². The van der Waals surface area contributed by atoms with E-state index in [2.05, 4.69) is 5.32 Å². The third-order valence-corrected chi connectivity index (χ3v) is 3.56. The number of benzene rings is 1. The maximum atomic E-state index is 12.4. The lowest BCUT2D eigenvalue weighted by atomic mass is 9.74. The van der Waals surface area contributed by atoms with E-state index in [1.807, 2.05) is 25.1 Å². The van der Waals surface area contributed by atoms with Crippen molar-refractivity contribution >= 4 is 11.9 Å². The predicted molar refractivity (Wildman–Crippen MR) is 65.7 cm³/mol. The molecule has 0 spiro atoms. The zero-order valence-corrected chi connectivity index (χ0v) is 10.4. The second kappa shape index (κ2) is 4.42. The second-order valence-corrected chi connectivity index (χ2v) is 4.41. The number of aliphatic hydroxyl groups is 1. The summed E-state index contributed by atoms with van der Waals surface area (Å²) in [7, 11) is 1.41. The molecule has 3 amide bonds. The summed E-state index contributed by atoms with van der Waals surface area (Å²) in [6.45, 7) is 1.82. The van der Waals surface area contributed by atoms with Gasteiger partial charge in [0.15, 0.2) is 0 Å². The van der Waals surface area contributed by atoms with Gasteiger partial charge in [-0.3, -0.25) is 9.69 Å². The standard InChI is InChI=1S/C13H16N2O3/c1-3-13(9-7-5-4-6-8-9)10(16)14-12(18)15(2)11(13)17/h4-8,10,16H,3H2,1-2H3,(H,14,18). The molecule has 1 aliphatic heterocycles. The Balaban J connectivity index is 2.54. The number of carbonyl (C=O) groups is 2. The zero-order valence-electron chi connectivity index (χ0n) is 10.4. The van der Waals surface area contributed by atoms with Gasteiger partial charge in [-0.25, -0.2) is 4.79 Å². The minimum absolute atomic E-state index is 0.382. The lowest BCUT2D eigenvalue weighted by Crippen LogP contribution is -2.66. The van der Waals surface area contributed by atoms with Crippen molar-refractivity contribution in [2.75, 3.05) is 7.05 Å². The fourth-order valence-electron chi connectivity index (χ4n) is 2.41. The van der Waals surface area contributed by atoms with E-state index in [9.17, 15) is 14.7 Å². The van der Waals surface area contributed by atoms with Crippen molar-refractivity contribution in [1.29, 1.82) is 0 Å². The zero-order chi connectivity index (χ0) is 13.3. The number of rotatable bonds is 2. The molecule has 2 rings (SSSR count). The SMILES string of the molecule is CCC1(c2ccccc2)C(=O)N(C)C(=O)NC1O. The molecule has 96 valence electrons. The van der Waals surface area contributed by atoms with Gasteiger partial charge in [0, 0.05) is 7.05 Å². The molecule has 1 aromatic carbocycles. The fraction of sp³-hybridized carbons (Fsp3) is 0.385. The number of hydrogen-bond acceptors (Lipinski definition) is 3. The normalized spacial score (nSPS) is 28.2. The van der Waals surface area contributed by atoms with Crippen LogP contribution in [0.3, 0.4) is 0 Å². The summed E-state index contributed by atoms with van der Waals surface area (Å²) < 4.78 is 0. The summed E-state index contributed by atoms with van der Waals surface area (Å²) in [6, 6.07) is 8.46. The molecule has 1 aromatic rings. The molecule has 0 saturated carbocycles. The molecule has 2 N–H and O–H groups in total. The molecular formula is C13H16N2O3. The number of hydrogen-bond donors (Lipinski definition) is 2. The number of amides is 3. The first-order valence-corrected chi connectivity index (χ1v) is 5.86. The van der Waals surface area contributed by atoms with Crippen LogP contribution in [-0.4, -0.2) is 35.2 Å². The van der Waals surface area contributed by atoms with E-state index in [-0.39, 0.29) is 5.91 Å². The molecule has 5 nitrogen and oxygen atoms in total. The molecule has 1 heterocycles. The lowest BCUT2D eigenvalue weighted by Gasteiger charge is -2.43. The molecule has 1 fully saturated rings. The molecule has 1 aliphatic rings. The van der Waals surface area contributed by atoms with E-state index < -0.39 is 17.7 Å². The van der Waals surface area contributed by atoms with E-state index in [1.54, 1.807) is 12.1 Å². The first-order valence-electron chi connectivity index (χ1n) is 5.86. The van der Waals surface area contributed by atoms with Gasteiger partial charge < -0.3 is 10.4 Å². The first kappa shape index (κ1) is 12.6. The summed E-state index contributed by atoms with van der Waals surface area (Å²) in [5.41, 5.74) is -0.402. The molecule has 2 atom stereocenters. The monoisotopic (exact) mass is 248 g/mol. The van der Waals surface area contributed by atoms with Crippen molar-refractivity contribution in [2.45, 2.75) is 25.0 Å². The average Bonchev–Trinajstić information content (AvgIpc) is 2.39. The van der Waals surface area contributed by atoms with Crippen molar-refractivity contribution in [1.82, 2.24) is 10.2 Å². The Bertz CT molecular complexity index is 474.